The van der Waals surface area contributed by atoms with Gasteiger partial charge >= 0.3 is 5.97 Å². The van der Waals surface area contributed by atoms with Crippen molar-refractivity contribution in [1.29, 1.82) is 0 Å². The highest BCUT2D eigenvalue weighted by Gasteiger charge is 2.32. The molecule has 0 bridgehead atoms. The molecule has 3 heterocycles. The van der Waals surface area contributed by atoms with Crippen LogP contribution in [0.15, 0.2) is 47.1 Å². The highest BCUT2D eigenvalue weighted by atomic mass is 32.2. The number of aryl methyl sites for hydroxylation is 1. The topological polar surface area (TPSA) is 160 Å². The Hall–Kier alpha value is -3.84. The lowest BCUT2D eigenvalue weighted by Crippen LogP contribution is -2.32. The third-order valence-electron chi connectivity index (χ3n) is 5.80. The van der Waals surface area contributed by atoms with Crippen molar-refractivity contribution in [2.24, 2.45) is 0 Å². The minimum Gasteiger partial charge on any atom is -0.748 e. The standard InChI is InChI=1S/C25H27N3O9S/c29-22-8-9-23(30)28(22)37-24(31)5-2-1-3-12-27-13-10-18(11-14-27)25-26-20-7-6-19(17-21(20)36-25)35-15-4-16-38(32,33)34/h6-7,10-11,13-14,17H,1-5,8-9,12,15-16H2. The molecule has 0 saturated carbocycles. The number of benzene rings is 1. The summed E-state index contributed by atoms with van der Waals surface area (Å²) in [5, 5.41) is 0.568. The summed E-state index contributed by atoms with van der Waals surface area (Å²) in [6.45, 7) is 0.831. The highest BCUT2D eigenvalue weighted by molar-refractivity contribution is 7.85. The van der Waals surface area contributed by atoms with Gasteiger partial charge in [0.1, 0.15) is 17.8 Å². The average molecular weight is 546 g/mol. The molecule has 202 valence electrons. The Morgan fingerprint density at radius 3 is 2.50 bits per heavy atom. The number of hydrogen-bond acceptors (Lipinski definition) is 10. The zero-order chi connectivity index (χ0) is 27.1. The molecule has 3 aromatic rings. The Bertz CT molecular complexity index is 1400. The van der Waals surface area contributed by atoms with Gasteiger partial charge in [0.05, 0.1) is 16.7 Å². The maximum Gasteiger partial charge on any atom is 0.333 e. The second-order valence-corrected chi connectivity index (χ2v) is 10.3. The second kappa shape index (κ2) is 12.1. The van der Waals surface area contributed by atoms with E-state index in [2.05, 4.69) is 4.98 Å². The number of carbonyl (C=O) groups excluding carboxylic acids is 3. The number of oxazole rings is 1. The zero-order valence-electron chi connectivity index (χ0n) is 20.5. The fourth-order valence-corrected chi connectivity index (χ4v) is 4.31. The quantitative estimate of drug-likeness (QED) is 0.135. The maximum absolute atomic E-state index is 11.8. The zero-order valence-corrected chi connectivity index (χ0v) is 21.4. The van der Waals surface area contributed by atoms with E-state index >= 15 is 0 Å². The summed E-state index contributed by atoms with van der Waals surface area (Å²) in [6, 6.07) is 8.86. The van der Waals surface area contributed by atoms with Crippen LogP contribution in [-0.4, -0.2) is 53.2 Å². The largest absolute Gasteiger partial charge is 0.748 e. The fraction of sp³-hybridized carbons (Fsp3) is 0.400. The molecule has 0 aliphatic carbocycles. The van der Waals surface area contributed by atoms with Crippen LogP contribution in [0.25, 0.3) is 22.6 Å². The van der Waals surface area contributed by atoms with Gasteiger partial charge in [0, 0.05) is 55.2 Å². The highest BCUT2D eigenvalue weighted by Crippen LogP contribution is 2.26. The summed E-state index contributed by atoms with van der Waals surface area (Å²) in [7, 11) is -4.26. The van der Waals surface area contributed by atoms with Crippen molar-refractivity contribution in [3.05, 3.63) is 42.7 Å². The van der Waals surface area contributed by atoms with E-state index in [-0.39, 0.29) is 32.3 Å². The van der Waals surface area contributed by atoms with Gasteiger partial charge in [-0.05, 0) is 31.4 Å². The number of carbonyl (C=O) groups is 3. The second-order valence-electron chi connectivity index (χ2n) is 8.79. The Kier molecular flexibility index (Phi) is 8.69. The molecule has 1 aliphatic rings. The first-order chi connectivity index (χ1) is 18.2. The molecular weight excluding hydrogens is 518 g/mol. The van der Waals surface area contributed by atoms with Gasteiger partial charge in [-0.25, -0.2) is 22.8 Å². The Morgan fingerprint density at radius 2 is 1.79 bits per heavy atom. The number of aromatic nitrogens is 2. The summed E-state index contributed by atoms with van der Waals surface area (Å²) >= 11 is 0. The number of unbranched alkanes of at least 4 members (excludes halogenated alkanes) is 2. The summed E-state index contributed by atoms with van der Waals surface area (Å²) in [5.74, 6) is -1.10. The van der Waals surface area contributed by atoms with Gasteiger partial charge in [-0.1, -0.05) is 0 Å². The summed E-state index contributed by atoms with van der Waals surface area (Å²) in [6.07, 6.45) is 6.38. The van der Waals surface area contributed by atoms with Gasteiger partial charge in [0.25, 0.3) is 11.8 Å². The van der Waals surface area contributed by atoms with Crippen LogP contribution >= 0.6 is 0 Å². The molecule has 13 heteroatoms. The molecule has 0 spiro atoms. The van der Waals surface area contributed by atoms with Crippen molar-refractivity contribution in [3.63, 3.8) is 0 Å². The van der Waals surface area contributed by atoms with E-state index < -0.39 is 33.7 Å². The van der Waals surface area contributed by atoms with Crippen molar-refractivity contribution in [2.75, 3.05) is 12.4 Å². The SMILES string of the molecule is O=C(CCCCC[n+]1ccc(-c2nc3ccc(OCCCS(=O)(=O)[O-])cc3o2)cc1)ON1C(=O)CCC1=O. The van der Waals surface area contributed by atoms with Gasteiger partial charge in [-0.3, -0.25) is 9.59 Å². The molecule has 0 radical (unpaired) electrons. The summed E-state index contributed by atoms with van der Waals surface area (Å²) in [5.41, 5.74) is 1.94. The molecule has 0 unspecified atom stereocenters. The van der Waals surface area contributed by atoms with Crippen LogP contribution in [0.4, 0.5) is 0 Å². The Morgan fingerprint density at radius 1 is 1.05 bits per heavy atom. The minimum absolute atomic E-state index is 0.0762. The Labute approximate surface area is 218 Å². The third-order valence-corrected chi connectivity index (χ3v) is 6.59. The van der Waals surface area contributed by atoms with Crippen LogP contribution in [0.3, 0.4) is 0 Å². The number of hydrogen-bond donors (Lipinski definition) is 0. The average Bonchev–Trinajstić information content (AvgIpc) is 3.44. The molecule has 12 nitrogen and oxygen atoms in total. The molecule has 0 atom stereocenters. The van der Waals surface area contributed by atoms with Crippen molar-refractivity contribution < 1.29 is 45.9 Å². The normalized spacial score (nSPS) is 13.9. The van der Waals surface area contributed by atoms with Gasteiger partial charge in [0.15, 0.2) is 18.0 Å². The molecule has 38 heavy (non-hydrogen) atoms. The number of imide groups is 1. The van der Waals surface area contributed by atoms with Crippen LogP contribution in [0.5, 0.6) is 5.75 Å². The first-order valence-electron chi connectivity index (χ1n) is 12.2. The lowest BCUT2D eigenvalue weighted by molar-refractivity contribution is -0.697. The number of hydroxylamine groups is 2. The number of fused-ring (bicyclic) bond motifs is 1. The van der Waals surface area contributed by atoms with E-state index in [0.29, 0.717) is 34.2 Å². The van der Waals surface area contributed by atoms with E-state index in [1.165, 1.54) is 0 Å². The molecule has 1 fully saturated rings. The van der Waals surface area contributed by atoms with Crippen molar-refractivity contribution in [2.45, 2.75) is 51.5 Å². The lowest BCUT2D eigenvalue weighted by atomic mass is 10.2. The monoisotopic (exact) mass is 545 g/mol. The molecule has 1 aliphatic heterocycles. The number of ether oxygens (including phenoxy) is 1. The predicted molar refractivity (Wildman–Crippen MR) is 130 cm³/mol. The predicted octanol–water partition coefficient (Wildman–Crippen LogP) is 2.26. The van der Waals surface area contributed by atoms with Crippen LogP contribution in [0.2, 0.25) is 0 Å². The van der Waals surface area contributed by atoms with Crippen LogP contribution in [0, 0.1) is 0 Å². The summed E-state index contributed by atoms with van der Waals surface area (Å²) < 4.78 is 45.4. The molecule has 1 aromatic carbocycles. The number of nitrogens with zero attached hydrogens (tertiary/aromatic N) is 3. The molecule has 2 aromatic heterocycles. The minimum atomic E-state index is -4.26. The maximum atomic E-state index is 11.8. The molecule has 1 saturated heterocycles. The molecule has 4 rings (SSSR count). The van der Waals surface area contributed by atoms with E-state index in [1.54, 1.807) is 18.2 Å². The van der Waals surface area contributed by atoms with Crippen LogP contribution < -0.4 is 9.30 Å². The summed E-state index contributed by atoms with van der Waals surface area (Å²) in [4.78, 5) is 44.2. The first kappa shape index (κ1) is 27.2. The van der Waals surface area contributed by atoms with Crippen molar-refractivity contribution in [3.8, 4) is 17.2 Å². The third kappa shape index (κ3) is 7.59. The van der Waals surface area contributed by atoms with E-state index in [4.69, 9.17) is 14.0 Å². The smallest absolute Gasteiger partial charge is 0.333 e. The van der Waals surface area contributed by atoms with Gasteiger partial charge in [0.2, 0.25) is 5.89 Å². The number of pyridine rings is 1. The van der Waals surface area contributed by atoms with Gasteiger partial charge in [-0.2, -0.15) is 0 Å². The van der Waals surface area contributed by atoms with Crippen LogP contribution in [0.1, 0.15) is 44.9 Å². The van der Waals surface area contributed by atoms with Gasteiger partial charge < -0.3 is 18.5 Å². The first-order valence-corrected chi connectivity index (χ1v) is 13.8. The van der Waals surface area contributed by atoms with Gasteiger partial charge in [-0.15, -0.1) is 5.06 Å². The van der Waals surface area contributed by atoms with Crippen molar-refractivity contribution in [1.82, 2.24) is 10.0 Å². The lowest BCUT2D eigenvalue weighted by Gasteiger charge is -2.12. The van der Waals surface area contributed by atoms with E-state index in [9.17, 15) is 27.4 Å². The molecule has 0 N–H and O–H groups in total. The van der Waals surface area contributed by atoms with Crippen LogP contribution in [-0.2, 0) is 35.9 Å². The van der Waals surface area contributed by atoms with E-state index in [0.717, 1.165) is 24.9 Å². The molecule has 2 amide bonds. The molecular formula is C25H27N3O9S. The number of amides is 2. The number of rotatable bonds is 13. The fourth-order valence-electron chi connectivity index (χ4n) is 3.84. The van der Waals surface area contributed by atoms with Crippen molar-refractivity contribution >= 4 is 39.0 Å². The Balaban J connectivity index is 1.21. The van der Waals surface area contributed by atoms with E-state index in [1.807, 2.05) is 29.1 Å².